The van der Waals surface area contributed by atoms with E-state index in [0.29, 0.717) is 17.5 Å². The minimum absolute atomic E-state index is 0.0379. The molecule has 158 valence electrons. The molecule has 5 rings (SSSR count). The lowest BCUT2D eigenvalue weighted by atomic mass is 10.0. The molecule has 7 nitrogen and oxygen atoms in total. The second-order valence-electron chi connectivity index (χ2n) is 8.11. The molecule has 2 aromatic carbocycles. The van der Waals surface area contributed by atoms with Crippen LogP contribution in [0.25, 0.3) is 32.9 Å². The fourth-order valence-electron chi connectivity index (χ4n) is 4.37. The maximum Gasteiger partial charge on any atom is 0.262 e. The Kier molecular flexibility index (Phi) is 4.82. The first-order chi connectivity index (χ1) is 15.1. The largest absolute Gasteiger partial charge is 0.336 e. The lowest BCUT2D eigenvalue weighted by Crippen LogP contribution is -2.47. The van der Waals surface area contributed by atoms with Crippen molar-refractivity contribution < 1.29 is 4.79 Å². The molecule has 1 aliphatic rings. The summed E-state index contributed by atoms with van der Waals surface area (Å²) in [5.41, 5.74) is 4.33. The van der Waals surface area contributed by atoms with Gasteiger partial charge in [0.1, 0.15) is 0 Å². The van der Waals surface area contributed by atoms with Crippen LogP contribution in [0.3, 0.4) is 0 Å². The summed E-state index contributed by atoms with van der Waals surface area (Å²) in [6.45, 7) is 5.89. The fraction of sp³-hybridized carbons (Fsp3) is 0.292. The Hall–Kier alpha value is -3.45. The Morgan fingerprint density at radius 1 is 1.00 bits per heavy atom. The van der Waals surface area contributed by atoms with Gasteiger partial charge in [-0.25, -0.2) is 0 Å². The topological polar surface area (TPSA) is 74.2 Å². The van der Waals surface area contributed by atoms with E-state index in [2.05, 4.69) is 22.1 Å². The SMILES string of the molecule is CCn1c(=O)c2cn[nH]c2c2ccc(-c3ccc(C(=O)N4CCN(C)CC4)cc3)cc21. The number of benzene rings is 2. The molecule has 1 N–H and O–H groups in total. The van der Waals surface area contributed by atoms with Crippen molar-refractivity contribution in [2.75, 3.05) is 33.2 Å². The van der Waals surface area contributed by atoms with Crippen LogP contribution in [-0.4, -0.2) is 63.7 Å². The minimum atomic E-state index is -0.0379. The Balaban J connectivity index is 1.50. The van der Waals surface area contributed by atoms with Crippen LogP contribution in [0.4, 0.5) is 0 Å². The highest BCUT2D eigenvalue weighted by Crippen LogP contribution is 2.27. The predicted octanol–water partition coefficient (Wildman–Crippen LogP) is 2.95. The average Bonchev–Trinajstić information content (AvgIpc) is 3.30. The number of hydrogen-bond donors (Lipinski definition) is 1. The van der Waals surface area contributed by atoms with Crippen molar-refractivity contribution in [1.82, 2.24) is 24.6 Å². The Bertz CT molecular complexity index is 1330. The van der Waals surface area contributed by atoms with Gasteiger partial charge in [0.15, 0.2) is 0 Å². The van der Waals surface area contributed by atoms with Crippen molar-refractivity contribution in [3.8, 4) is 11.1 Å². The normalized spacial score (nSPS) is 15.1. The van der Waals surface area contributed by atoms with E-state index < -0.39 is 0 Å². The number of aromatic nitrogens is 3. The summed E-state index contributed by atoms with van der Waals surface area (Å²) < 4.78 is 1.78. The fourth-order valence-corrected chi connectivity index (χ4v) is 4.37. The van der Waals surface area contributed by atoms with E-state index in [-0.39, 0.29) is 11.5 Å². The van der Waals surface area contributed by atoms with Crippen molar-refractivity contribution in [2.45, 2.75) is 13.5 Å². The summed E-state index contributed by atoms with van der Waals surface area (Å²) in [7, 11) is 2.08. The van der Waals surface area contributed by atoms with Crippen LogP contribution in [0.2, 0.25) is 0 Å². The summed E-state index contributed by atoms with van der Waals surface area (Å²) in [6.07, 6.45) is 1.59. The first-order valence-corrected chi connectivity index (χ1v) is 10.6. The zero-order valence-corrected chi connectivity index (χ0v) is 17.8. The number of likely N-dealkylation sites (N-methyl/N-ethyl adjacent to an activating group) is 1. The van der Waals surface area contributed by atoms with Crippen LogP contribution in [0.15, 0.2) is 53.5 Å². The smallest absolute Gasteiger partial charge is 0.262 e. The quantitative estimate of drug-likeness (QED) is 0.558. The lowest BCUT2D eigenvalue weighted by Gasteiger charge is -2.32. The molecule has 0 unspecified atom stereocenters. The molecule has 3 heterocycles. The molecule has 1 fully saturated rings. The van der Waals surface area contributed by atoms with Crippen LogP contribution in [-0.2, 0) is 6.54 Å². The molecule has 0 spiro atoms. The van der Waals surface area contributed by atoms with E-state index in [0.717, 1.165) is 53.7 Å². The van der Waals surface area contributed by atoms with Crippen LogP contribution < -0.4 is 5.56 Å². The number of nitrogens with one attached hydrogen (secondary N) is 1. The molecule has 7 heteroatoms. The number of carbonyl (C=O) groups is 1. The number of nitrogens with zero attached hydrogens (tertiary/aromatic N) is 4. The van der Waals surface area contributed by atoms with Gasteiger partial charge < -0.3 is 14.4 Å². The summed E-state index contributed by atoms with van der Waals surface area (Å²) in [4.78, 5) is 29.8. The summed E-state index contributed by atoms with van der Waals surface area (Å²) in [5.74, 6) is 0.0830. The second-order valence-corrected chi connectivity index (χ2v) is 8.11. The van der Waals surface area contributed by atoms with Crippen molar-refractivity contribution in [2.24, 2.45) is 0 Å². The molecular formula is C24H25N5O2. The van der Waals surface area contributed by atoms with E-state index in [9.17, 15) is 9.59 Å². The number of aromatic amines is 1. The van der Waals surface area contributed by atoms with Crippen molar-refractivity contribution in [1.29, 1.82) is 0 Å². The van der Waals surface area contributed by atoms with Gasteiger partial charge in [0.2, 0.25) is 0 Å². The highest BCUT2D eigenvalue weighted by molar-refractivity contribution is 6.04. The first-order valence-electron chi connectivity index (χ1n) is 10.6. The molecule has 4 aromatic rings. The van der Waals surface area contributed by atoms with Crippen molar-refractivity contribution in [3.05, 3.63) is 64.6 Å². The zero-order valence-electron chi connectivity index (χ0n) is 17.8. The maximum absolute atomic E-state index is 12.8. The molecule has 0 atom stereocenters. The number of piperazine rings is 1. The second kappa shape index (κ2) is 7.67. The number of aryl methyl sites for hydroxylation is 1. The molecule has 1 aliphatic heterocycles. The molecule has 0 aliphatic carbocycles. The van der Waals surface area contributed by atoms with Gasteiger partial charge in [-0.3, -0.25) is 14.7 Å². The Morgan fingerprint density at radius 3 is 2.42 bits per heavy atom. The average molecular weight is 415 g/mol. The number of fused-ring (bicyclic) bond motifs is 3. The predicted molar refractivity (Wildman–Crippen MR) is 122 cm³/mol. The van der Waals surface area contributed by atoms with Gasteiger partial charge >= 0.3 is 0 Å². The van der Waals surface area contributed by atoms with Crippen LogP contribution in [0.5, 0.6) is 0 Å². The monoisotopic (exact) mass is 415 g/mol. The van der Waals surface area contributed by atoms with Gasteiger partial charge in [-0.05, 0) is 43.3 Å². The lowest BCUT2D eigenvalue weighted by molar-refractivity contribution is 0.0664. The highest BCUT2D eigenvalue weighted by Gasteiger charge is 2.20. The van der Waals surface area contributed by atoms with Crippen LogP contribution >= 0.6 is 0 Å². The number of H-pyrrole nitrogens is 1. The molecule has 1 saturated heterocycles. The van der Waals surface area contributed by atoms with E-state index in [1.165, 1.54) is 0 Å². The number of amides is 1. The highest BCUT2D eigenvalue weighted by atomic mass is 16.2. The molecule has 31 heavy (non-hydrogen) atoms. The number of rotatable bonds is 3. The zero-order chi connectivity index (χ0) is 21.5. The number of carbonyl (C=O) groups excluding carboxylic acids is 1. The summed E-state index contributed by atoms with van der Waals surface area (Å²) >= 11 is 0. The van der Waals surface area contributed by atoms with Crippen LogP contribution in [0, 0.1) is 0 Å². The number of hydrogen-bond acceptors (Lipinski definition) is 4. The molecule has 0 saturated carbocycles. The maximum atomic E-state index is 12.8. The molecule has 1 amide bonds. The third-order valence-electron chi connectivity index (χ3n) is 6.24. The Labute approximate surface area is 179 Å². The van der Waals surface area contributed by atoms with E-state index >= 15 is 0 Å². The minimum Gasteiger partial charge on any atom is -0.336 e. The molecular weight excluding hydrogens is 390 g/mol. The van der Waals surface area contributed by atoms with Gasteiger partial charge in [0.25, 0.3) is 11.5 Å². The van der Waals surface area contributed by atoms with Gasteiger partial charge in [0, 0.05) is 43.7 Å². The standard InChI is InChI=1S/C24H25N5O2/c1-3-29-21-14-18(8-9-19(21)22-20(24(29)31)15-25-26-22)16-4-6-17(7-5-16)23(30)28-12-10-27(2)11-13-28/h4-9,14-15H,3,10-13H2,1-2H3,(H,25,26). The van der Waals surface area contributed by atoms with E-state index in [1.807, 2.05) is 54.3 Å². The van der Waals surface area contributed by atoms with E-state index in [4.69, 9.17) is 0 Å². The van der Waals surface area contributed by atoms with Gasteiger partial charge in [-0.15, -0.1) is 0 Å². The third-order valence-corrected chi connectivity index (χ3v) is 6.24. The summed E-state index contributed by atoms with van der Waals surface area (Å²) in [6, 6.07) is 13.9. The summed E-state index contributed by atoms with van der Waals surface area (Å²) in [5, 5.41) is 8.60. The molecule has 2 aromatic heterocycles. The van der Waals surface area contributed by atoms with Gasteiger partial charge in [-0.1, -0.05) is 24.3 Å². The molecule has 0 radical (unpaired) electrons. The van der Waals surface area contributed by atoms with Crippen LogP contribution in [0.1, 0.15) is 17.3 Å². The number of pyridine rings is 1. The molecule has 0 bridgehead atoms. The third kappa shape index (κ3) is 3.31. The first kappa shape index (κ1) is 19.5. The Morgan fingerprint density at radius 2 is 1.71 bits per heavy atom. The van der Waals surface area contributed by atoms with Crippen molar-refractivity contribution in [3.63, 3.8) is 0 Å². The van der Waals surface area contributed by atoms with Gasteiger partial charge in [-0.2, -0.15) is 5.10 Å². The van der Waals surface area contributed by atoms with Gasteiger partial charge in [0.05, 0.1) is 22.6 Å². The van der Waals surface area contributed by atoms with E-state index in [1.54, 1.807) is 10.8 Å². The van der Waals surface area contributed by atoms with Crippen molar-refractivity contribution >= 4 is 27.7 Å².